The van der Waals surface area contributed by atoms with E-state index in [1.165, 1.54) is 19.3 Å². The van der Waals surface area contributed by atoms with Crippen molar-refractivity contribution in [2.24, 2.45) is 0 Å². The molecule has 0 atom stereocenters. The van der Waals surface area contributed by atoms with Crippen molar-refractivity contribution in [2.45, 2.75) is 65.9 Å². The molecule has 0 aromatic heterocycles. The molecule has 0 heterocycles. The van der Waals surface area contributed by atoms with Gasteiger partial charge in [-0.05, 0) is 12.8 Å². The third-order valence-electron chi connectivity index (χ3n) is 1.57. The van der Waals surface area contributed by atoms with Crippen molar-refractivity contribution in [3.8, 4) is 0 Å². The summed E-state index contributed by atoms with van der Waals surface area (Å²) < 4.78 is 0. The van der Waals surface area contributed by atoms with Crippen LogP contribution in [-0.4, -0.2) is 18.0 Å². The maximum atomic E-state index is 8.91. The minimum Gasteiger partial charge on any atom is -0.393 e. The summed E-state index contributed by atoms with van der Waals surface area (Å²) in [6, 6.07) is 0. The lowest BCUT2D eigenvalue weighted by Crippen LogP contribution is -2.09. The molecule has 82 valence electrons. The van der Waals surface area contributed by atoms with Crippen LogP contribution in [0.25, 0.3) is 0 Å². The highest BCUT2D eigenvalue weighted by Gasteiger charge is 2.07. The molecule has 0 spiro atoms. The number of hydrogen-bond acceptors (Lipinski definition) is 2. The Morgan fingerprint density at radius 1 is 0.923 bits per heavy atom. The first kappa shape index (κ1) is 18.4. The molecule has 0 radical (unpaired) electrons. The second-order valence-electron chi connectivity index (χ2n) is 2.29. The summed E-state index contributed by atoms with van der Waals surface area (Å²) in [7, 11) is 0. The van der Waals surface area contributed by atoms with Crippen LogP contribution in [0.4, 0.5) is 0 Å². The van der Waals surface area contributed by atoms with Gasteiger partial charge in [-0.15, -0.1) is 0 Å². The number of hydrogen-bond donors (Lipinski definition) is 1. The summed E-state index contributed by atoms with van der Waals surface area (Å²) in [5.41, 5.74) is 0. The van der Waals surface area contributed by atoms with Crippen molar-refractivity contribution >= 4 is 6.79 Å². The zero-order chi connectivity index (χ0) is 11.1. The van der Waals surface area contributed by atoms with Crippen LogP contribution in [-0.2, 0) is 4.79 Å². The molecule has 0 aromatic rings. The molecular formula is C11H26O2. The van der Waals surface area contributed by atoms with Gasteiger partial charge in [0.1, 0.15) is 6.79 Å². The lowest BCUT2D eigenvalue weighted by Gasteiger charge is -2.14. The fourth-order valence-corrected chi connectivity index (χ4v) is 1.08. The second-order valence-corrected chi connectivity index (χ2v) is 2.29. The molecule has 0 bridgehead atoms. The van der Waals surface area contributed by atoms with Gasteiger partial charge in [0.2, 0.25) is 0 Å². The predicted molar refractivity (Wildman–Crippen MR) is 58.9 cm³/mol. The Balaban J connectivity index is -0.000000144. The lowest BCUT2D eigenvalue weighted by molar-refractivity contribution is -0.0979. The molecule has 1 rings (SSSR count). The van der Waals surface area contributed by atoms with E-state index in [4.69, 9.17) is 9.90 Å². The van der Waals surface area contributed by atoms with Crippen LogP contribution in [0.1, 0.15) is 59.8 Å². The van der Waals surface area contributed by atoms with E-state index < -0.39 is 0 Å². The molecule has 0 unspecified atom stereocenters. The van der Waals surface area contributed by atoms with Crippen LogP contribution in [0.3, 0.4) is 0 Å². The van der Waals surface area contributed by atoms with E-state index in [0.717, 1.165) is 12.8 Å². The average Bonchev–Trinajstić information content (AvgIpc) is 2.28. The smallest absolute Gasteiger partial charge is 0.106 e. The van der Waals surface area contributed by atoms with E-state index in [0.29, 0.717) is 0 Å². The number of rotatable bonds is 0. The summed E-state index contributed by atoms with van der Waals surface area (Å²) in [6.07, 6.45) is 5.92. The van der Waals surface area contributed by atoms with Crippen LogP contribution in [0, 0.1) is 0 Å². The van der Waals surface area contributed by atoms with E-state index in [9.17, 15) is 0 Å². The highest BCUT2D eigenvalue weighted by molar-refractivity contribution is 5.10. The first-order valence-corrected chi connectivity index (χ1v) is 5.36. The fourth-order valence-electron chi connectivity index (χ4n) is 1.08. The second kappa shape index (κ2) is 22.6. The lowest BCUT2D eigenvalue weighted by atomic mass is 9.98. The molecule has 0 saturated heterocycles. The van der Waals surface area contributed by atoms with E-state index in [-0.39, 0.29) is 6.10 Å². The van der Waals surface area contributed by atoms with Crippen molar-refractivity contribution in [1.82, 2.24) is 0 Å². The standard InChI is InChI=1S/C6H12O.2C2H6.CH2O/c7-6-4-2-1-3-5-6;3*1-2/h6-7H,1-5H2;2*1-2H3;1H2. The van der Waals surface area contributed by atoms with E-state index in [2.05, 4.69) is 0 Å². The molecular weight excluding hydrogens is 164 g/mol. The number of aliphatic hydroxyl groups is 1. The van der Waals surface area contributed by atoms with Crippen LogP contribution in [0.2, 0.25) is 0 Å². The van der Waals surface area contributed by atoms with Gasteiger partial charge in [0.15, 0.2) is 0 Å². The highest BCUT2D eigenvalue weighted by atomic mass is 16.3. The third kappa shape index (κ3) is 18.5. The minimum atomic E-state index is 0.0359. The zero-order valence-corrected chi connectivity index (χ0v) is 9.68. The van der Waals surface area contributed by atoms with E-state index in [1.807, 2.05) is 34.5 Å². The summed E-state index contributed by atoms with van der Waals surface area (Å²) in [5, 5.41) is 8.91. The van der Waals surface area contributed by atoms with Crippen molar-refractivity contribution in [1.29, 1.82) is 0 Å². The van der Waals surface area contributed by atoms with Crippen molar-refractivity contribution in [3.63, 3.8) is 0 Å². The number of carbonyl (C=O) groups excluding carboxylic acids is 1. The number of carbonyl (C=O) groups is 1. The zero-order valence-electron chi connectivity index (χ0n) is 9.68. The molecule has 1 aliphatic carbocycles. The van der Waals surface area contributed by atoms with Gasteiger partial charge in [-0.3, -0.25) is 0 Å². The SMILES string of the molecule is C=O.CC.CC.OC1CCCCC1. The molecule has 1 saturated carbocycles. The Kier molecular flexibility index (Phi) is 32.0. The predicted octanol–water partition coefficient (Wildman–Crippen LogP) is 3.18. The molecule has 1 aliphatic rings. The van der Waals surface area contributed by atoms with E-state index in [1.54, 1.807) is 0 Å². The van der Waals surface area contributed by atoms with Crippen molar-refractivity contribution < 1.29 is 9.90 Å². The Labute approximate surface area is 83.4 Å². The molecule has 13 heavy (non-hydrogen) atoms. The third-order valence-corrected chi connectivity index (χ3v) is 1.57. The normalized spacial score (nSPS) is 14.8. The molecule has 2 heteroatoms. The van der Waals surface area contributed by atoms with Crippen LogP contribution in [0.5, 0.6) is 0 Å². The Bertz CT molecular complexity index is 59.1. The summed E-state index contributed by atoms with van der Waals surface area (Å²) in [5.74, 6) is 0. The summed E-state index contributed by atoms with van der Waals surface area (Å²) in [4.78, 5) is 8.00. The van der Waals surface area contributed by atoms with Crippen molar-refractivity contribution in [3.05, 3.63) is 0 Å². The highest BCUT2D eigenvalue weighted by Crippen LogP contribution is 2.16. The molecule has 0 amide bonds. The molecule has 0 aromatic carbocycles. The first-order chi connectivity index (χ1) is 6.39. The van der Waals surface area contributed by atoms with Gasteiger partial charge in [-0.2, -0.15) is 0 Å². The van der Waals surface area contributed by atoms with Crippen molar-refractivity contribution in [2.75, 3.05) is 0 Å². The topological polar surface area (TPSA) is 37.3 Å². The monoisotopic (exact) mass is 190 g/mol. The average molecular weight is 190 g/mol. The van der Waals surface area contributed by atoms with Crippen LogP contribution >= 0.6 is 0 Å². The van der Waals surface area contributed by atoms with Gasteiger partial charge >= 0.3 is 0 Å². The van der Waals surface area contributed by atoms with Gasteiger partial charge < -0.3 is 9.90 Å². The Morgan fingerprint density at radius 3 is 1.38 bits per heavy atom. The van der Waals surface area contributed by atoms with Crippen LogP contribution in [0.15, 0.2) is 0 Å². The van der Waals surface area contributed by atoms with Gasteiger partial charge in [0, 0.05) is 0 Å². The Hall–Kier alpha value is -0.370. The molecule has 0 aliphatic heterocycles. The quantitative estimate of drug-likeness (QED) is 0.637. The Morgan fingerprint density at radius 2 is 1.23 bits per heavy atom. The van der Waals surface area contributed by atoms with Crippen LogP contribution < -0.4 is 0 Å². The maximum absolute atomic E-state index is 8.91. The largest absolute Gasteiger partial charge is 0.393 e. The first-order valence-electron chi connectivity index (χ1n) is 5.36. The van der Waals surface area contributed by atoms with E-state index >= 15 is 0 Å². The minimum absolute atomic E-state index is 0.0359. The van der Waals surface area contributed by atoms with Gasteiger partial charge in [0.05, 0.1) is 6.10 Å². The van der Waals surface area contributed by atoms with Gasteiger partial charge in [0.25, 0.3) is 0 Å². The fraction of sp³-hybridized carbons (Fsp3) is 0.909. The number of aliphatic hydroxyl groups excluding tert-OH is 1. The summed E-state index contributed by atoms with van der Waals surface area (Å²) in [6.45, 7) is 10.0. The summed E-state index contributed by atoms with van der Waals surface area (Å²) >= 11 is 0. The molecule has 2 nitrogen and oxygen atoms in total. The van der Waals surface area contributed by atoms with Gasteiger partial charge in [-0.1, -0.05) is 47.0 Å². The van der Waals surface area contributed by atoms with Gasteiger partial charge in [-0.25, -0.2) is 0 Å². The maximum Gasteiger partial charge on any atom is 0.106 e. The molecule has 1 fully saturated rings. The molecule has 1 N–H and O–H groups in total.